The normalized spacial score (nSPS) is 10.3. The van der Waals surface area contributed by atoms with E-state index < -0.39 is 0 Å². The van der Waals surface area contributed by atoms with Gasteiger partial charge >= 0.3 is 0 Å². The van der Waals surface area contributed by atoms with E-state index in [-0.39, 0.29) is 23.3 Å². The number of benzene rings is 1. The van der Waals surface area contributed by atoms with Crippen LogP contribution in [0.5, 0.6) is 5.88 Å². The van der Waals surface area contributed by atoms with Gasteiger partial charge in [0.25, 0.3) is 0 Å². The molecule has 0 spiro atoms. The molecule has 0 saturated heterocycles. The lowest BCUT2D eigenvalue weighted by Crippen LogP contribution is -2.18. The fourth-order valence-electron chi connectivity index (χ4n) is 1.97. The Labute approximate surface area is 170 Å². The second-order valence-corrected chi connectivity index (χ2v) is 7.23. The van der Waals surface area contributed by atoms with E-state index in [2.05, 4.69) is 31.5 Å². The Morgan fingerprint density at radius 2 is 1.81 bits per heavy atom. The van der Waals surface area contributed by atoms with Gasteiger partial charge in [-0.1, -0.05) is 22.0 Å². The van der Waals surface area contributed by atoms with Gasteiger partial charge in [-0.3, -0.25) is 9.59 Å². The Morgan fingerprint density at radius 3 is 2.44 bits per heavy atom. The summed E-state index contributed by atoms with van der Waals surface area (Å²) in [6, 6.07) is 10.7. The third-order valence-corrected chi connectivity index (χ3v) is 4.56. The lowest BCUT2D eigenvalue weighted by Gasteiger charge is -2.08. The van der Waals surface area contributed by atoms with Gasteiger partial charge in [0, 0.05) is 23.3 Å². The van der Waals surface area contributed by atoms with E-state index in [4.69, 9.17) is 9.47 Å². The predicted molar refractivity (Wildman–Crippen MR) is 110 cm³/mol. The number of amides is 2. The quantitative estimate of drug-likeness (QED) is 0.536. The van der Waals surface area contributed by atoms with Crippen molar-refractivity contribution in [2.75, 3.05) is 42.5 Å². The van der Waals surface area contributed by atoms with Crippen LogP contribution in [0.1, 0.15) is 0 Å². The van der Waals surface area contributed by atoms with Crippen LogP contribution in [0.15, 0.2) is 47.1 Å². The number of methoxy groups -OCH3 is 1. The fourth-order valence-corrected chi connectivity index (χ4v) is 2.98. The Hall–Kier alpha value is -2.10. The smallest absolute Gasteiger partial charge is 0.234 e. The first-order valence-electron chi connectivity index (χ1n) is 8.07. The van der Waals surface area contributed by atoms with E-state index in [1.54, 1.807) is 25.3 Å². The van der Waals surface area contributed by atoms with Gasteiger partial charge in [0.1, 0.15) is 6.61 Å². The summed E-state index contributed by atoms with van der Waals surface area (Å²) in [4.78, 5) is 27.9. The number of nitrogens with zero attached hydrogens (tertiary/aromatic N) is 1. The number of thioether (sulfide) groups is 1. The molecule has 0 aliphatic rings. The summed E-state index contributed by atoms with van der Waals surface area (Å²) < 4.78 is 11.1. The van der Waals surface area contributed by atoms with Gasteiger partial charge in [-0.2, -0.15) is 0 Å². The van der Waals surface area contributed by atoms with Crippen molar-refractivity contribution in [3.63, 3.8) is 0 Å². The van der Waals surface area contributed by atoms with Crippen molar-refractivity contribution in [3.8, 4) is 5.88 Å². The van der Waals surface area contributed by atoms with Gasteiger partial charge in [-0.05, 0) is 24.3 Å². The maximum Gasteiger partial charge on any atom is 0.234 e. The van der Waals surface area contributed by atoms with Gasteiger partial charge in [0.15, 0.2) is 0 Å². The maximum atomic E-state index is 11.9. The molecular weight excluding hydrogens is 434 g/mol. The topological polar surface area (TPSA) is 89.5 Å². The van der Waals surface area contributed by atoms with Crippen LogP contribution in [-0.2, 0) is 14.3 Å². The van der Waals surface area contributed by atoms with Crippen molar-refractivity contribution in [2.45, 2.75) is 0 Å². The average molecular weight is 454 g/mol. The van der Waals surface area contributed by atoms with Crippen molar-refractivity contribution in [1.82, 2.24) is 4.98 Å². The molecule has 0 bridgehead atoms. The standard InChI is InChI=1S/C18H20BrN3O4S/c1-25-7-8-26-18-6-5-15(10-20-18)22-17(24)12-27-11-16(23)21-14-4-2-3-13(19)9-14/h2-6,9-10H,7-8,11-12H2,1H3,(H,21,23)(H,22,24). The average Bonchev–Trinajstić information content (AvgIpc) is 2.63. The summed E-state index contributed by atoms with van der Waals surface area (Å²) in [6.07, 6.45) is 1.52. The van der Waals surface area contributed by atoms with Crippen LogP contribution < -0.4 is 15.4 Å². The third-order valence-electron chi connectivity index (χ3n) is 3.13. The number of hydrogen-bond acceptors (Lipinski definition) is 6. The molecular formula is C18H20BrN3O4S. The molecule has 0 radical (unpaired) electrons. The zero-order valence-corrected chi connectivity index (χ0v) is 17.1. The highest BCUT2D eigenvalue weighted by Gasteiger charge is 2.07. The monoisotopic (exact) mass is 453 g/mol. The summed E-state index contributed by atoms with van der Waals surface area (Å²) in [5, 5.41) is 5.51. The summed E-state index contributed by atoms with van der Waals surface area (Å²) in [7, 11) is 1.60. The van der Waals surface area contributed by atoms with Crippen LogP contribution in [0, 0.1) is 0 Å². The van der Waals surface area contributed by atoms with E-state index in [0.717, 1.165) is 4.47 Å². The minimum Gasteiger partial charge on any atom is -0.475 e. The molecule has 0 unspecified atom stereocenters. The minimum atomic E-state index is -0.204. The number of halogens is 1. The van der Waals surface area contributed by atoms with Crippen molar-refractivity contribution in [2.24, 2.45) is 0 Å². The fraction of sp³-hybridized carbons (Fsp3) is 0.278. The highest BCUT2D eigenvalue weighted by Crippen LogP contribution is 2.16. The van der Waals surface area contributed by atoms with Crippen LogP contribution >= 0.6 is 27.7 Å². The highest BCUT2D eigenvalue weighted by atomic mass is 79.9. The first-order chi connectivity index (χ1) is 13.1. The number of ether oxygens (including phenoxy) is 2. The molecule has 0 aliphatic heterocycles. The predicted octanol–water partition coefficient (Wildman–Crippen LogP) is 3.18. The molecule has 144 valence electrons. The van der Waals surface area contributed by atoms with E-state index in [1.165, 1.54) is 18.0 Å². The van der Waals surface area contributed by atoms with Crippen molar-refractivity contribution in [3.05, 3.63) is 47.1 Å². The van der Waals surface area contributed by atoms with Crippen molar-refractivity contribution in [1.29, 1.82) is 0 Å². The summed E-state index contributed by atoms with van der Waals surface area (Å²) >= 11 is 4.58. The lowest BCUT2D eigenvalue weighted by molar-refractivity contribution is -0.114. The molecule has 1 aromatic carbocycles. The molecule has 9 heteroatoms. The lowest BCUT2D eigenvalue weighted by atomic mass is 10.3. The molecule has 0 fully saturated rings. The van der Waals surface area contributed by atoms with Gasteiger partial charge in [-0.15, -0.1) is 11.8 Å². The molecule has 1 aromatic heterocycles. The van der Waals surface area contributed by atoms with E-state index in [1.807, 2.05) is 18.2 Å². The SMILES string of the molecule is COCCOc1ccc(NC(=O)CSCC(=O)Nc2cccc(Br)c2)cn1. The molecule has 27 heavy (non-hydrogen) atoms. The van der Waals surface area contributed by atoms with E-state index in [0.29, 0.717) is 30.5 Å². The summed E-state index contributed by atoms with van der Waals surface area (Å²) in [5.74, 6) is 0.446. The first kappa shape index (κ1) is 21.2. The molecule has 7 nitrogen and oxygen atoms in total. The molecule has 2 N–H and O–H groups in total. The van der Waals surface area contributed by atoms with Crippen LogP contribution in [0.2, 0.25) is 0 Å². The molecule has 2 aromatic rings. The molecule has 0 saturated carbocycles. The van der Waals surface area contributed by atoms with Gasteiger partial charge < -0.3 is 20.1 Å². The maximum absolute atomic E-state index is 11.9. The van der Waals surface area contributed by atoms with E-state index >= 15 is 0 Å². The summed E-state index contributed by atoms with van der Waals surface area (Å²) in [5.41, 5.74) is 1.27. The van der Waals surface area contributed by atoms with Gasteiger partial charge in [-0.25, -0.2) is 4.98 Å². The Bertz CT molecular complexity index is 759. The number of rotatable bonds is 10. The first-order valence-corrected chi connectivity index (χ1v) is 10.0. The molecule has 2 amide bonds. The zero-order chi connectivity index (χ0) is 19.5. The Balaban J connectivity index is 1.67. The van der Waals surface area contributed by atoms with Gasteiger partial charge in [0.2, 0.25) is 17.7 Å². The third kappa shape index (κ3) is 8.42. The van der Waals surface area contributed by atoms with Crippen LogP contribution in [0.25, 0.3) is 0 Å². The molecule has 0 aliphatic carbocycles. The Morgan fingerprint density at radius 1 is 1.07 bits per heavy atom. The molecule has 0 atom stereocenters. The minimum absolute atomic E-state index is 0.162. The largest absolute Gasteiger partial charge is 0.475 e. The van der Waals surface area contributed by atoms with Crippen LogP contribution in [0.4, 0.5) is 11.4 Å². The number of aromatic nitrogens is 1. The summed E-state index contributed by atoms with van der Waals surface area (Å²) in [6.45, 7) is 0.889. The van der Waals surface area contributed by atoms with Crippen molar-refractivity contribution < 1.29 is 19.1 Å². The second kappa shape index (κ2) is 11.6. The molecule has 2 rings (SSSR count). The Kier molecular flexibility index (Phi) is 9.09. The number of nitrogens with one attached hydrogen (secondary N) is 2. The zero-order valence-electron chi connectivity index (χ0n) is 14.7. The number of hydrogen-bond donors (Lipinski definition) is 2. The number of pyridine rings is 1. The van der Waals surface area contributed by atoms with E-state index in [9.17, 15) is 9.59 Å². The van der Waals surface area contributed by atoms with Gasteiger partial charge in [0.05, 0.1) is 30.0 Å². The molecule has 1 heterocycles. The number of anilines is 2. The van der Waals surface area contributed by atoms with Crippen LogP contribution in [-0.4, -0.2) is 48.6 Å². The second-order valence-electron chi connectivity index (χ2n) is 5.33. The highest BCUT2D eigenvalue weighted by molar-refractivity contribution is 9.10. The van der Waals surface area contributed by atoms with Crippen molar-refractivity contribution >= 4 is 50.9 Å². The number of carbonyl (C=O) groups excluding carboxylic acids is 2. The number of carbonyl (C=O) groups is 2. The van der Waals surface area contributed by atoms with Crippen LogP contribution in [0.3, 0.4) is 0 Å².